The standard InChI is InChI=1S/C21H25N3O3/c1-15-7-9-17(10-8-15)22-21(27)23-19-5-2-4-16-14-24(13-11-18(16)19)12-3-6-20(25)26/h2,4-5,7-10H,3,6,11-14H2,1H3,(H,25,26)(H2,22,23,27). The number of urea groups is 1. The molecule has 0 unspecified atom stereocenters. The molecule has 0 saturated heterocycles. The summed E-state index contributed by atoms with van der Waals surface area (Å²) in [5.74, 6) is -0.751. The van der Waals surface area contributed by atoms with Gasteiger partial charge in [0.05, 0.1) is 0 Å². The molecule has 142 valence electrons. The molecule has 1 aliphatic rings. The zero-order valence-corrected chi connectivity index (χ0v) is 15.5. The van der Waals surface area contributed by atoms with Gasteiger partial charge in [-0.05, 0) is 55.6 Å². The first-order chi connectivity index (χ1) is 13.0. The van der Waals surface area contributed by atoms with Crippen LogP contribution in [0.2, 0.25) is 0 Å². The van der Waals surface area contributed by atoms with E-state index in [1.165, 1.54) is 5.56 Å². The molecule has 2 amide bonds. The monoisotopic (exact) mass is 367 g/mol. The second-order valence-corrected chi connectivity index (χ2v) is 6.91. The van der Waals surface area contributed by atoms with Crippen LogP contribution < -0.4 is 10.6 Å². The SMILES string of the molecule is Cc1ccc(NC(=O)Nc2cccc3c2CCN(CCCC(=O)O)C3)cc1. The van der Waals surface area contributed by atoms with Gasteiger partial charge in [-0.15, -0.1) is 0 Å². The minimum atomic E-state index is -0.751. The van der Waals surface area contributed by atoms with Crippen LogP contribution in [0.1, 0.15) is 29.5 Å². The van der Waals surface area contributed by atoms with Crippen molar-refractivity contribution >= 4 is 23.4 Å². The molecule has 27 heavy (non-hydrogen) atoms. The van der Waals surface area contributed by atoms with E-state index in [0.29, 0.717) is 6.42 Å². The van der Waals surface area contributed by atoms with E-state index in [0.717, 1.165) is 48.6 Å². The molecule has 0 fully saturated rings. The highest BCUT2D eigenvalue weighted by Crippen LogP contribution is 2.26. The molecule has 0 aliphatic carbocycles. The van der Waals surface area contributed by atoms with Crippen LogP contribution in [0.3, 0.4) is 0 Å². The number of carboxylic acids is 1. The number of fused-ring (bicyclic) bond motifs is 1. The van der Waals surface area contributed by atoms with Crippen LogP contribution in [0, 0.1) is 6.92 Å². The number of benzene rings is 2. The smallest absolute Gasteiger partial charge is 0.323 e. The molecule has 0 saturated carbocycles. The fraction of sp³-hybridized carbons (Fsp3) is 0.333. The second kappa shape index (κ2) is 8.68. The number of carbonyl (C=O) groups excluding carboxylic acids is 1. The molecule has 0 bridgehead atoms. The quantitative estimate of drug-likeness (QED) is 0.724. The van der Waals surface area contributed by atoms with Crippen LogP contribution in [0.5, 0.6) is 0 Å². The van der Waals surface area contributed by atoms with Crippen LogP contribution >= 0.6 is 0 Å². The Balaban J connectivity index is 1.60. The summed E-state index contributed by atoms with van der Waals surface area (Å²) in [7, 11) is 0. The number of aryl methyl sites for hydroxylation is 1. The summed E-state index contributed by atoms with van der Waals surface area (Å²) >= 11 is 0. The molecule has 1 heterocycles. The van der Waals surface area contributed by atoms with Crippen molar-refractivity contribution in [2.75, 3.05) is 23.7 Å². The summed E-state index contributed by atoms with van der Waals surface area (Å²) in [5, 5.41) is 14.6. The van der Waals surface area contributed by atoms with Crippen molar-refractivity contribution in [1.29, 1.82) is 0 Å². The largest absolute Gasteiger partial charge is 0.481 e. The Morgan fingerprint density at radius 3 is 2.63 bits per heavy atom. The highest BCUT2D eigenvalue weighted by molar-refractivity contribution is 6.00. The number of nitrogens with one attached hydrogen (secondary N) is 2. The minimum Gasteiger partial charge on any atom is -0.481 e. The summed E-state index contributed by atoms with van der Waals surface area (Å²) in [4.78, 5) is 25.3. The first-order valence-corrected chi connectivity index (χ1v) is 9.21. The minimum absolute atomic E-state index is 0.199. The Hall–Kier alpha value is -2.86. The lowest BCUT2D eigenvalue weighted by molar-refractivity contribution is -0.137. The Labute approximate surface area is 159 Å². The van der Waals surface area contributed by atoms with E-state index in [4.69, 9.17) is 5.11 Å². The molecule has 1 aliphatic heterocycles. The van der Waals surface area contributed by atoms with Gasteiger partial charge in [-0.25, -0.2) is 4.79 Å². The normalized spacial score (nSPS) is 13.7. The van der Waals surface area contributed by atoms with Gasteiger partial charge in [-0.3, -0.25) is 9.69 Å². The van der Waals surface area contributed by atoms with Crippen molar-refractivity contribution in [1.82, 2.24) is 4.90 Å². The van der Waals surface area contributed by atoms with E-state index in [9.17, 15) is 9.59 Å². The van der Waals surface area contributed by atoms with Crippen LogP contribution in [0.25, 0.3) is 0 Å². The summed E-state index contributed by atoms with van der Waals surface area (Å²) in [6.07, 6.45) is 1.69. The van der Waals surface area contributed by atoms with Crippen molar-refractivity contribution in [2.45, 2.75) is 32.7 Å². The van der Waals surface area contributed by atoms with Gasteiger partial charge in [0.2, 0.25) is 0 Å². The van der Waals surface area contributed by atoms with Crippen molar-refractivity contribution < 1.29 is 14.7 Å². The maximum absolute atomic E-state index is 12.3. The highest BCUT2D eigenvalue weighted by atomic mass is 16.4. The number of anilines is 2. The third-order valence-corrected chi connectivity index (χ3v) is 4.77. The number of carbonyl (C=O) groups is 2. The molecular formula is C21H25N3O3. The van der Waals surface area contributed by atoms with Gasteiger partial charge in [0.1, 0.15) is 0 Å². The first-order valence-electron chi connectivity index (χ1n) is 9.21. The second-order valence-electron chi connectivity index (χ2n) is 6.91. The zero-order valence-electron chi connectivity index (χ0n) is 15.5. The molecule has 2 aromatic rings. The molecule has 3 N–H and O–H groups in total. The zero-order chi connectivity index (χ0) is 19.2. The maximum atomic E-state index is 12.3. The van der Waals surface area contributed by atoms with Gasteiger partial charge >= 0.3 is 12.0 Å². The number of carboxylic acid groups (broad SMARTS) is 1. The number of nitrogens with zero attached hydrogens (tertiary/aromatic N) is 1. The van der Waals surface area contributed by atoms with E-state index >= 15 is 0 Å². The molecule has 0 aromatic heterocycles. The number of hydrogen-bond acceptors (Lipinski definition) is 3. The van der Waals surface area contributed by atoms with Gasteiger partial charge in [0, 0.05) is 30.9 Å². The topological polar surface area (TPSA) is 81.7 Å². The molecule has 0 spiro atoms. The highest BCUT2D eigenvalue weighted by Gasteiger charge is 2.19. The molecular weight excluding hydrogens is 342 g/mol. The Morgan fingerprint density at radius 2 is 1.89 bits per heavy atom. The lowest BCUT2D eigenvalue weighted by Crippen LogP contribution is -2.32. The average Bonchev–Trinajstić information content (AvgIpc) is 2.63. The molecule has 0 radical (unpaired) electrons. The summed E-state index contributed by atoms with van der Waals surface area (Å²) < 4.78 is 0. The first kappa shape index (κ1) is 18.9. The van der Waals surface area contributed by atoms with Gasteiger partial charge in [0.15, 0.2) is 0 Å². The average molecular weight is 367 g/mol. The Bertz CT molecular complexity index is 818. The lowest BCUT2D eigenvalue weighted by Gasteiger charge is -2.30. The van der Waals surface area contributed by atoms with E-state index in [-0.39, 0.29) is 12.5 Å². The summed E-state index contributed by atoms with van der Waals surface area (Å²) in [5.41, 5.74) is 5.08. The van der Waals surface area contributed by atoms with Gasteiger partial charge < -0.3 is 15.7 Å². The predicted molar refractivity (Wildman–Crippen MR) is 106 cm³/mol. The van der Waals surface area contributed by atoms with Crippen LogP contribution in [-0.4, -0.2) is 35.1 Å². The Kier molecular flexibility index (Phi) is 6.08. The van der Waals surface area contributed by atoms with Crippen molar-refractivity contribution in [3.63, 3.8) is 0 Å². The van der Waals surface area contributed by atoms with Crippen LogP contribution in [0.4, 0.5) is 16.2 Å². The number of aliphatic carboxylic acids is 1. The molecule has 0 atom stereocenters. The number of amides is 2. The molecule has 3 rings (SSSR count). The van der Waals surface area contributed by atoms with Crippen LogP contribution in [0.15, 0.2) is 42.5 Å². The fourth-order valence-corrected chi connectivity index (χ4v) is 3.35. The Morgan fingerprint density at radius 1 is 1.11 bits per heavy atom. The van der Waals surface area contributed by atoms with Crippen molar-refractivity contribution in [3.05, 3.63) is 59.2 Å². The van der Waals surface area contributed by atoms with Gasteiger partial charge in [0.25, 0.3) is 0 Å². The summed E-state index contributed by atoms with van der Waals surface area (Å²) in [6, 6.07) is 13.4. The third kappa shape index (κ3) is 5.31. The van der Waals surface area contributed by atoms with E-state index in [1.54, 1.807) is 0 Å². The van der Waals surface area contributed by atoms with Crippen molar-refractivity contribution in [3.8, 4) is 0 Å². The molecule has 2 aromatic carbocycles. The van der Waals surface area contributed by atoms with E-state index in [1.807, 2.05) is 43.3 Å². The fourth-order valence-electron chi connectivity index (χ4n) is 3.35. The van der Waals surface area contributed by atoms with Crippen LogP contribution in [-0.2, 0) is 17.8 Å². The molecule has 6 nitrogen and oxygen atoms in total. The van der Waals surface area contributed by atoms with Crippen molar-refractivity contribution in [2.24, 2.45) is 0 Å². The van der Waals surface area contributed by atoms with E-state index < -0.39 is 5.97 Å². The lowest BCUT2D eigenvalue weighted by atomic mass is 9.97. The summed E-state index contributed by atoms with van der Waals surface area (Å²) in [6.45, 7) is 4.43. The van der Waals surface area contributed by atoms with Gasteiger partial charge in [-0.1, -0.05) is 29.8 Å². The van der Waals surface area contributed by atoms with E-state index in [2.05, 4.69) is 21.6 Å². The number of hydrogen-bond donors (Lipinski definition) is 3. The van der Waals surface area contributed by atoms with Gasteiger partial charge in [-0.2, -0.15) is 0 Å². The number of rotatable bonds is 6. The maximum Gasteiger partial charge on any atom is 0.323 e. The third-order valence-electron chi connectivity index (χ3n) is 4.77. The predicted octanol–water partition coefficient (Wildman–Crippen LogP) is 3.86. The molecule has 6 heteroatoms.